The number of hydrogen-bond donors (Lipinski definition) is 1. The van der Waals surface area contributed by atoms with E-state index >= 15 is 0 Å². The summed E-state index contributed by atoms with van der Waals surface area (Å²) in [7, 11) is 1.60. The van der Waals surface area contributed by atoms with E-state index in [1.165, 1.54) is 6.07 Å². The Hall–Kier alpha value is -1.46. The van der Waals surface area contributed by atoms with Crippen molar-refractivity contribution in [3.8, 4) is 0 Å². The molecule has 0 amide bonds. The number of methoxy groups -OCH3 is 1. The standard InChI is InChI=1S/C13H16FNO2.C2H4O/c1-17-13(8-6-10(15-16)7-9-13)11-4-2-3-5-12(11)14;1-2-3-1/h2-5,16H,6-9H2,1H3;1-2H2. The number of epoxide rings is 1. The van der Waals surface area contributed by atoms with Crippen LogP contribution in [0, 0.1) is 5.82 Å². The maximum atomic E-state index is 13.8. The van der Waals surface area contributed by atoms with Gasteiger partial charge in [-0.2, -0.15) is 0 Å². The zero-order chi connectivity index (χ0) is 14.4. The Morgan fingerprint density at radius 3 is 2.30 bits per heavy atom. The predicted octanol–water partition coefficient (Wildman–Crippen LogP) is 3.09. The monoisotopic (exact) mass is 281 g/mol. The molecule has 5 heteroatoms. The van der Waals surface area contributed by atoms with Gasteiger partial charge in [-0.25, -0.2) is 4.39 Å². The molecule has 0 aromatic heterocycles. The Balaban J connectivity index is 0.000000432. The number of hydrogen-bond acceptors (Lipinski definition) is 4. The van der Waals surface area contributed by atoms with Crippen molar-refractivity contribution in [1.82, 2.24) is 0 Å². The van der Waals surface area contributed by atoms with Crippen LogP contribution in [0.1, 0.15) is 31.2 Å². The molecule has 3 rings (SSSR count). The van der Waals surface area contributed by atoms with E-state index in [1.54, 1.807) is 19.2 Å². The Morgan fingerprint density at radius 2 is 1.85 bits per heavy atom. The van der Waals surface area contributed by atoms with E-state index in [0.29, 0.717) is 31.2 Å². The SMILES string of the molecule is C1CO1.COC1(c2ccccc2F)CCC(=NO)CC1. The van der Waals surface area contributed by atoms with Gasteiger partial charge in [0.1, 0.15) is 5.82 Å². The molecule has 20 heavy (non-hydrogen) atoms. The molecule has 1 N–H and O–H groups in total. The highest BCUT2D eigenvalue weighted by Crippen LogP contribution is 2.40. The minimum absolute atomic E-state index is 0.237. The zero-order valence-corrected chi connectivity index (χ0v) is 11.6. The van der Waals surface area contributed by atoms with Crippen LogP contribution < -0.4 is 0 Å². The summed E-state index contributed by atoms with van der Waals surface area (Å²) in [5.41, 5.74) is 0.771. The second kappa shape index (κ2) is 6.81. The molecule has 1 saturated carbocycles. The first-order valence-corrected chi connectivity index (χ1v) is 6.79. The van der Waals surface area contributed by atoms with Crippen LogP contribution in [0.4, 0.5) is 4.39 Å². The van der Waals surface area contributed by atoms with Gasteiger partial charge in [0.2, 0.25) is 0 Å². The molecule has 1 heterocycles. The highest BCUT2D eigenvalue weighted by Gasteiger charge is 2.37. The van der Waals surface area contributed by atoms with Crippen molar-refractivity contribution >= 4 is 5.71 Å². The van der Waals surface area contributed by atoms with Crippen molar-refractivity contribution in [2.45, 2.75) is 31.3 Å². The molecule has 0 bridgehead atoms. The summed E-state index contributed by atoms with van der Waals surface area (Å²) in [6, 6.07) is 6.70. The topological polar surface area (TPSA) is 54.3 Å². The van der Waals surface area contributed by atoms with Crippen LogP contribution in [0.5, 0.6) is 0 Å². The largest absolute Gasteiger partial charge is 0.411 e. The molecule has 0 atom stereocenters. The molecule has 2 fully saturated rings. The number of nitrogens with zero attached hydrogens (tertiary/aromatic N) is 1. The molecule has 2 aliphatic rings. The fourth-order valence-electron chi connectivity index (χ4n) is 2.46. The number of oxime groups is 1. The van der Waals surface area contributed by atoms with E-state index in [2.05, 4.69) is 9.89 Å². The van der Waals surface area contributed by atoms with Gasteiger partial charge >= 0.3 is 0 Å². The summed E-state index contributed by atoms with van der Waals surface area (Å²) in [4.78, 5) is 0. The van der Waals surface area contributed by atoms with Gasteiger partial charge in [-0.15, -0.1) is 0 Å². The van der Waals surface area contributed by atoms with Gasteiger partial charge in [0, 0.05) is 12.7 Å². The molecule has 0 spiro atoms. The van der Waals surface area contributed by atoms with Gasteiger partial charge in [0.25, 0.3) is 0 Å². The summed E-state index contributed by atoms with van der Waals surface area (Å²) >= 11 is 0. The molecule has 4 nitrogen and oxygen atoms in total. The lowest BCUT2D eigenvalue weighted by Gasteiger charge is -2.36. The highest BCUT2D eigenvalue weighted by molar-refractivity contribution is 5.84. The molecule has 1 aromatic carbocycles. The highest BCUT2D eigenvalue weighted by atomic mass is 19.1. The smallest absolute Gasteiger partial charge is 0.129 e. The first-order valence-electron chi connectivity index (χ1n) is 6.79. The van der Waals surface area contributed by atoms with Crippen molar-refractivity contribution in [3.63, 3.8) is 0 Å². The van der Waals surface area contributed by atoms with E-state index in [-0.39, 0.29) is 5.82 Å². The van der Waals surface area contributed by atoms with Gasteiger partial charge < -0.3 is 14.7 Å². The number of ether oxygens (including phenoxy) is 2. The van der Waals surface area contributed by atoms with Gasteiger partial charge in [-0.3, -0.25) is 0 Å². The fraction of sp³-hybridized carbons (Fsp3) is 0.533. The number of benzene rings is 1. The maximum absolute atomic E-state index is 13.8. The van der Waals surface area contributed by atoms with Crippen LogP contribution in [-0.2, 0) is 15.1 Å². The third-order valence-corrected chi connectivity index (χ3v) is 3.74. The number of rotatable bonds is 2. The normalized spacial score (nSPS) is 24.6. The first kappa shape index (κ1) is 14.9. The minimum Gasteiger partial charge on any atom is -0.411 e. The van der Waals surface area contributed by atoms with E-state index in [4.69, 9.17) is 9.94 Å². The molecular weight excluding hydrogens is 261 g/mol. The molecule has 110 valence electrons. The van der Waals surface area contributed by atoms with Crippen molar-refractivity contribution in [1.29, 1.82) is 0 Å². The Kier molecular flexibility index (Phi) is 5.09. The Morgan fingerprint density at radius 1 is 1.25 bits per heavy atom. The lowest BCUT2D eigenvalue weighted by molar-refractivity contribution is -0.0344. The lowest BCUT2D eigenvalue weighted by atomic mass is 9.78. The Labute approximate surface area is 118 Å². The molecule has 1 aliphatic heterocycles. The van der Waals surface area contributed by atoms with Crippen LogP contribution >= 0.6 is 0 Å². The predicted molar refractivity (Wildman–Crippen MR) is 73.6 cm³/mol. The van der Waals surface area contributed by atoms with Crippen LogP contribution in [0.3, 0.4) is 0 Å². The third kappa shape index (κ3) is 3.55. The average Bonchev–Trinajstić information content (AvgIpc) is 3.36. The van der Waals surface area contributed by atoms with Crippen LogP contribution in [-0.4, -0.2) is 31.2 Å². The second-order valence-electron chi connectivity index (χ2n) is 4.96. The third-order valence-electron chi connectivity index (χ3n) is 3.74. The van der Waals surface area contributed by atoms with Gasteiger partial charge in [-0.1, -0.05) is 23.4 Å². The van der Waals surface area contributed by atoms with E-state index < -0.39 is 5.60 Å². The molecule has 0 unspecified atom stereocenters. The molecule has 0 radical (unpaired) electrons. The van der Waals surface area contributed by atoms with Crippen molar-refractivity contribution in [2.24, 2.45) is 5.16 Å². The van der Waals surface area contributed by atoms with Gasteiger partial charge in [0.05, 0.1) is 24.5 Å². The average molecular weight is 281 g/mol. The summed E-state index contributed by atoms with van der Waals surface area (Å²) < 4.78 is 23.9. The lowest BCUT2D eigenvalue weighted by Crippen LogP contribution is -2.34. The quantitative estimate of drug-likeness (QED) is 0.515. The zero-order valence-electron chi connectivity index (χ0n) is 11.6. The van der Waals surface area contributed by atoms with Crippen LogP contribution in [0.15, 0.2) is 29.4 Å². The summed E-state index contributed by atoms with van der Waals surface area (Å²) in [5, 5.41) is 12.0. The summed E-state index contributed by atoms with van der Waals surface area (Å²) in [6.45, 7) is 2.00. The fourth-order valence-corrected chi connectivity index (χ4v) is 2.46. The summed E-state index contributed by atoms with van der Waals surface area (Å²) in [6.07, 6.45) is 2.56. The minimum atomic E-state index is -0.584. The van der Waals surface area contributed by atoms with Gasteiger partial charge in [0.15, 0.2) is 0 Å². The van der Waals surface area contributed by atoms with E-state index in [0.717, 1.165) is 18.9 Å². The Bertz CT molecular complexity index is 461. The van der Waals surface area contributed by atoms with Crippen molar-refractivity contribution in [3.05, 3.63) is 35.6 Å². The van der Waals surface area contributed by atoms with E-state index in [9.17, 15) is 4.39 Å². The molecule has 1 saturated heterocycles. The second-order valence-corrected chi connectivity index (χ2v) is 4.96. The summed E-state index contributed by atoms with van der Waals surface area (Å²) in [5.74, 6) is -0.237. The van der Waals surface area contributed by atoms with Crippen molar-refractivity contribution in [2.75, 3.05) is 20.3 Å². The molecule has 1 aliphatic carbocycles. The van der Waals surface area contributed by atoms with Crippen LogP contribution in [0.2, 0.25) is 0 Å². The molecular formula is C15H20FNO3. The van der Waals surface area contributed by atoms with Gasteiger partial charge in [-0.05, 0) is 31.7 Å². The van der Waals surface area contributed by atoms with Crippen molar-refractivity contribution < 1.29 is 19.1 Å². The van der Waals surface area contributed by atoms with Crippen LogP contribution in [0.25, 0.3) is 0 Å². The first-order chi connectivity index (χ1) is 9.72. The van der Waals surface area contributed by atoms with E-state index in [1.807, 2.05) is 6.07 Å². The maximum Gasteiger partial charge on any atom is 0.129 e. The number of halogens is 1. The molecule has 1 aromatic rings.